The molecule has 0 bridgehead atoms. The zero-order valence-corrected chi connectivity index (χ0v) is 17.0. The highest BCUT2D eigenvalue weighted by molar-refractivity contribution is 6.37. The first-order chi connectivity index (χ1) is 13.5. The van der Waals surface area contributed by atoms with E-state index in [1.54, 1.807) is 18.2 Å². The number of piperidine rings is 1. The van der Waals surface area contributed by atoms with Crippen LogP contribution in [-0.2, 0) is 0 Å². The van der Waals surface area contributed by atoms with Crippen LogP contribution in [-0.4, -0.2) is 54.3 Å². The SMILES string of the molecule is O=C(NC1CCN(CC(O)COc2c(Cl)cccc2Cl)CC1)c1ccccc1. The molecule has 0 spiro atoms. The number of ether oxygens (including phenoxy) is 1. The molecule has 0 aromatic heterocycles. The van der Waals surface area contributed by atoms with Crippen molar-refractivity contribution in [3.05, 3.63) is 64.1 Å². The summed E-state index contributed by atoms with van der Waals surface area (Å²) in [6.07, 6.45) is 1.05. The first-order valence-electron chi connectivity index (χ1n) is 9.36. The molecule has 1 atom stereocenters. The average Bonchev–Trinajstić information content (AvgIpc) is 2.70. The van der Waals surface area contributed by atoms with Gasteiger partial charge >= 0.3 is 0 Å². The Morgan fingerprint density at radius 1 is 1.11 bits per heavy atom. The molecule has 1 aliphatic heterocycles. The quantitative estimate of drug-likeness (QED) is 0.714. The minimum absolute atomic E-state index is 0.0379. The van der Waals surface area contributed by atoms with Gasteiger partial charge in [-0.3, -0.25) is 4.79 Å². The van der Waals surface area contributed by atoms with Crippen LogP contribution >= 0.6 is 23.2 Å². The molecule has 0 saturated carbocycles. The summed E-state index contributed by atoms with van der Waals surface area (Å²) in [6, 6.07) is 14.5. The van der Waals surface area contributed by atoms with Crippen LogP contribution in [0, 0.1) is 0 Å². The third kappa shape index (κ3) is 5.85. The van der Waals surface area contributed by atoms with Crippen LogP contribution < -0.4 is 10.1 Å². The number of halogens is 2. The van der Waals surface area contributed by atoms with Crippen LogP contribution in [0.25, 0.3) is 0 Å². The molecule has 1 unspecified atom stereocenters. The maximum Gasteiger partial charge on any atom is 0.251 e. The van der Waals surface area contributed by atoms with Gasteiger partial charge in [-0.05, 0) is 37.1 Å². The number of carbonyl (C=O) groups excluding carboxylic acids is 1. The molecule has 1 heterocycles. The van der Waals surface area contributed by atoms with Gasteiger partial charge in [-0.15, -0.1) is 0 Å². The van der Waals surface area contributed by atoms with E-state index in [9.17, 15) is 9.90 Å². The lowest BCUT2D eigenvalue weighted by Gasteiger charge is -2.33. The Labute approximate surface area is 175 Å². The Kier molecular flexibility index (Phi) is 7.57. The molecule has 7 heteroatoms. The summed E-state index contributed by atoms with van der Waals surface area (Å²) in [5.41, 5.74) is 0.677. The lowest BCUT2D eigenvalue weighted by Crippen LogP contribution is -2.47. The number of aliphatic hydroxyl groups excluding tert-OH is 1. The minimum Gasteiger partial charge on any atom is -0.488 e. The lowest BCUT2D eigenvalue weighted by molar-refractivity contribution is 0.0568. The fraction of sp³-hybridized carbons (Fsp3) is 0.381. The van der Waals surface area contributed by atoms with Gasteiger partial charge < -0.3 is 20.1 Å². The van der Waals surface area contributed by atoms with Gasteiger partial charge in [0.1, 0.15) is 12.7 Å². The molecule has 28 heavy (non-hydrogen) atoms. The maximum atomic E-state index is 12.2. The van der Waals surface area contributed by atoms with Crippen molar-refractivity contribution in [1.29, 1.82) is 0 Å². The van der Waals surface area contributed by atoms with Gasteiger partial charge in [0.15, 0.2) is 5.75 Å². The van der Waals surface area contributed by atoms with Gasteiger partial charge in [-0.25, -0.2) is 0 Å². The molecular formula is C21H24Cl2N2O3. The third-order valence-electron chi connectivity index (χ3n) is 4.77. The highest BCUT2D eigenvalue weighted by atomic mass is 35.5. The zero-order chi connectivity index (χ0) is 19.9. The predicted molar refractivity (Wildman–Crippen MR) is 111 cm³/mol. The predicted octanol–water partition coefficient (Wildman–Crippen LogP) is 3.63. The number of hydrogen-bond donors (Lipinski definition) is 2. The molecule has 1 amide bonds. The van der Waals surface area contributed by atoms with Gasteiger partial charge in [0.05, 0.1) is 10.0 Å². The highest BCUT2D eigenvalue weighted by Gasteiger charge is 2.23. The summed E-state index contributed by atoms with van der Waals surface area (Å²) in [5.74, 6) is 0.358. The standard InChI is InChI=1S/C21H24Cl2N2O3/c22-18-7-4-8-19(23)20(18)28-14-17(26)13-25-11-9-16(10-12-25)24-21(27)15-5-2-1-3-6-15/h1-8,16-17,26H,9-14H2,(H,24,27). The molecule has 1 aliphatic rings. The Morgan fingerprint density at radius 3 is 2.39 bits per heavy atom. The van der Waals surface area contributed by atoms with Gasteiger partial charge in [0.25, 0.3) is 5.91 Å². The number of likely N-dealkylation sites (tertiary alicyclic amines) is 1. The van der Waals surface area contributed by atoms with E-state index in [1.807, 2.05) is 30.3 Å². The fourth-order valence-electron chi connectivity index (χ4n) is 3.27. The van der Waals surface area contributed by atoms with E-state index in [0.717, 1.165) is 25.9 Å². The van der Waals surface area contributed by atoms with E-state index >= 15 is 0 Å². The lowest BCUT2D eigenvalue weighted by atomic mass is 10.0. The van der Waals surface area contributed by atoms with Crippen LogP contribution in [0.3, 0.4) is 0 Å². The summed E-state index contributed by atoms with van der Waals surface area (Å²) >= 11 is 12.1. The Balaban J connectivity index is 1.39. The summed E-state index contributed by atoms with van der Waals surface area (Å²) < 4.78 is 5.60. The van der Waals surface area contributed by atoms with Gasteiger partial charge in [0, 0.05) is 31.2 Å². The number of benzene rings is 2. The molecule has 150 valence electrons. The normalized spacial score (nSPS) is 16.5. The van der Waals surface area contributed by atoms with Crippen LogP contribution in [0.2, 0.25) is 10.0 Å². The Hall–Kier alpha value is -1.79. The van der Waals surface area contributed by atoms with Crippen LogP contribution in [0.1, 0.15) is 23.2 Å². The highest BCUT2D eigenvalue weighted by Crippen LogP contribution is 2.32. The topological polar surface area (TPSA) is 61.8 Å². The van der Waals surface area contributed by atoms with E-state index in [1.165, 1.54) is 0 Å². The number of amides is 1. The number of aliphatic hydroxyl groups is 1. The van der Waals surface area contributed by atoms with Gasteiger partial charge in [-0.1, -0.05) is 47.5 Å². The Bertz CT molecular complexity index is 760. The largest absolute Gasteiger partial charge is 0.488 e. The second-order valence-electron chi connectivity index (χ2n) is 6.93. The molecule has 2 aromatic carbocycles. The maximum absolute atomic E-state index is 12.2. The number of carbonyl (C=O) groups is 1. The van der Waals surface area contributed by atoms with Crippen molar-refractivity contribution in [3.8, 4) is 5.75 Å². The first kappa shape index (κ1) is 20.9. The molecule has 2 aromatic rings. The number of para-hydroxylation sites is 1. The van der Waals surface area contributed by atoms with E-state index in [2.05, 4.69) is 10.2 Å². The van der Waals surface area contributed by atoms with E-state index in [-0.39, 0.29) is 18.6 Å². The van der Waals surface area contributed by atoms with Gasteiger partial charge in [0.2, 0.25) is 0 Å². The van der Waals surface area contributed by atoms with Crippen molar-refractivity contribution >= 4 is 29.1 Å². The third-order valence-corrected chi connectivity index (χ3v) is 5.36. The number of nitrogens with one attached hydrogen (secondary N) is 1. The molecule has 1 fully saturated rings. The monoisotopic (exact) mass is 422 g/mol. The fourth-order valence-corrected chi connectivity index (χ4v) is 3.78. The van der Waals surface area contributed by atoms with Gasteiger partial charge in [-0.2, -0.15) is 0 Å². The van der Waals surface area contributed by atoms with Crippen molar-refractivity contribution < 1.29 is 14.6 Å². The van der Waals surface area contributed by atoms with Crippen LogP contribution in [0.5, 0.6) is 5.75 Å². The van der Waals surface area contributed by atoms with E-state index in [4.69, 9.17) is 27.9 Å². The number of hydrogen-bond acceptors (Lipinski definition) is 4. The zero-order valence-electron chi connectivity index (χ0n) is 15.5. The molecule has 0 radical (unpaired) electrons. The second kappa shape index (κ2) is 10.1. The average molecular weight is 423 g/mol. The van der Waals surface area contributed by atoms with Crippen LogP contribution in [0.4, 0.5) is 0 Å². The molecule has 0 aliphatic carbocycles. The summed E-state index contributed by atoms with van der Waals surface area (Å²) in [5, 5.41) is 14.2. The number of nitrogens with zero attached hydrogens (tertiary/aromatic N) is 1. The second-order valence-corrected chi connectivity index (χ2v) is 7.74. The molecule has 5 nitrogen and oxygen atoms in total. The van der Waals surface area contributed by atoms with Crippen molar-refractivity contribution in [3.63, 3.8) is 0 Å². The molecule has 3 rings (SSSR count). The van der Waals surface area contributed by atoms with Crippen molar-refractivity contribution in [2.45, 2.75) is 25.0 Å². The molecular weight excluding hydrogens is 399 g/mol. The summed E-state index contributed by atoms with van der Waals surface area (Å²) in [7, 11) is 0. The first-order valence-corrected chi connectivity index (χ1v) is 10.1. The molecule has 2 N–H and O–H groups in total. The number of rotatable bonds is 7. The summed E-state index contributed by atoms with van der Waals surface area (Å²) in [4.78, 5) is 14.4. The van der Waals surface area contributed by atoms with E-state index < -0.39 is 6.10 Å². The summed E-state index contributed by atoms with van der Waals surface area (Å²) in [6.45, 7) is 2.24. The van der Waals surface area contributed by atoms with Crippen molar-refractivity contribution in [1.82, 2.24) is 10.2 Å². The van der Waals surface area contributed by atoms with Crippen molar-refractivity contribution in [2.75, 3.05) is 26.2 Å². The number of β-amino-alcohol motifs (C(OH)–C–C–N with tert-alkyl or cyclic N) is 1. The Morgan fingerprint density at radius 2 is 1.75 bits per heavy atom. The van der Waals surface area contributed by atoms with E-state index in [0.29, 0.717) is 27.9 Å². The smallest absolute Gasteiger partial charge is 0.251 e. The molecule has 1 saturated heterocycles. The van der Waals surface area contributed by atoms with Crippen LogP contribution in [0.15, 0.2) is 48.5 Å². The van der Waals surface area contributed by atoms with Crippen molar-refractivity contribution in [2.24, 2.45) is 0 Å². The minimum atomic E-state index is -0.650.